The number of aryl methyl sites for hydroxylation is 2. The van der Waals surface area contributed by atoms with E-state index in [-0.39, 0.29) is 37.9 Å². The summed E-state index contributed by atoms with van der Waals surface area (Å²) < 4.78 is 27.7. The molecule has 0 aliphatic carbocycles. The maximum absolute atomic E-state index is 13.2. The van der Waals surface area contributed by atoms with Gasteiger partial charge in [0.15, 0.2) is 0 Å². The van der Waals surface area contributed by atoms with Crippen LogP contribution in [0.1, 0.15) is 42.0 Å². The van der Waals surface area contributed by atoms with Gasteiger partial charge in [0.25, 0.3) is 10.0 Å². The fourth-order valence-corrected chi connectivity index (χ4v) is 6.83. The second kappa shape index (κ2) is 13.0. The van der Waals surface area contributed by atoms with E-state index in [0.29, 0.717) is 28.2 Å². The topological polar surface area (TPSA) is 188 Å². The van der Waals surface area contributed by atoms with Gasteiger partial charge in [-0.15, -0.1) is 10.2 Å². The van der Waals surface area contributed by atoms with Gasteiger partial charge in [-0.05, 0) is 55.2 Å². The highest BCUT2D eigenvalue weighted by Crippen LogP contribution is 2.38. The Labute approximate surface area is 251 Å². The molecule has 1 atom stereocenters. The van der Waals surface area contributed by atoms with Gasteiger partial charge in [0.1, 0.15) is 33.6 Å². The Balaban J connectivity index is 1.56. The van der Waals surface area contributed by atoms with Crippen molar-refractivity contribution in [3.63, 3.8) is 0 Å². The molecule has 11 nitrogen and oxygen atoms in total. The van der Waals surface area contributed by atoms with Crippen molar-refractivity contribution in [2.45, 2.75) is 48.8 Å². The van der Waals surface area contributed by atoms with Gasteiger partial charge < -0.3 is 11.1 Å². The van der Waals surface area contributed by atoms with E-state index < -0.39 is 15.3 Å². The Hall–Kier alpha value is -4.50. The van der Waals surface area contributed by atoms with Crippen LogP contribution in [0.3, 0.4) is 0 Å². The van der Waals surface area contributed by atoms with Crippen LogP contribution < -0.4 is 15.8 Å². The first-order valence-electron chi connectivity index (χ1n) is 12.7. The van der Waals surface area contributed by atoms with Crippen molar-refractivity contribution in [2.24, 2.45) is 0 Å². The van der Waals surface area contributed by atoms with Crippen molar-refractivity contribution in [1.82, 2.24) is 15.2 Å². The molecule has 4 rings (SSSR count). The number of rotatable bonds is 10. The van der Waals surface area contributed by atoms with Crippen molar-refractivity contribution in [2.75, 3.05) is 15.8 Å². The van der Waals surface area contributed by atoms with Gasteiger partial charge >= 0.3 is 0 Å². The Morgan fingerprint density at radius 2 is 1.71 bits per heavy atom. The van der Waals surface area contributed by atoms with Crippen LogP contribution in [0.5, 0.6) is 0 Å². The fourth-order valence-electron chi connectivity index (χ4n) is 3.99. The minimum absolute atomic E-state index is 0.00909. The summed E-state index contributed by atoms with van der Waals surface area (Å²) in [7, 11) is -3.89. The smallest absolute Gasteiger partial charge is 0.263 e. The number of carbonyl (C=O) groups is 1. The number of nitriles is 2. The summed E-state index contributed by atoms with van der Waals surface area (Å²) in [5.74, 6) is -0.402. The summed E-state index contributed by atoms with van der Waals surface area (Å²) in [6, 6.07) is 17.4. The van der Waals surface area contributed by atoms with Gasteiger partial charge in [-0.25, -0.2) is 13.4 Å². The lowest BCUT2D eigenvalue weighted by atomic mass is 9.96. The lowest BCUT2D eigenvalue weighted by Gasteiger charge is -2.18. The second-order valence-corrected chi connectivity index (χ2v) is 13.0. The van der Waals surface area contributed by atoms with Crippen molar-refractivity contribution in [3.05, 3.63) is 70.2 Å². The lowest BCUT2D eigenvalue weighted by molar-refractivity contribution is -0.115. The minimum atomic E-state index is -3.89. The number of anilines is 3. The molecule has 0 aliphatic rings. The number of carbonyl (C=O) groups excluding carboxylic acids is 1. The first-order valence-corrected chi connectivity index (χ1v) is 15.9. The molecule has 0 fully saturated rings. The molecule has 4 N–H and O–H groups in total. The van der Waals surface area contributed by atoms with Gasteiger partial charge in [0.05, 0.1) is 15.7 Å². The number of nitrogens with one attached hydrogen (secondary N) is 2. The van der Waals surface area contributed by atoms with Gasteiger partial charge in [-0.3, -0.25) is 9.52 Å². The van der Waals surface area contributed by atoms with Crippen molar-refractivity contribution >= 4 is 55.7 Å². The predicted octanol–water partition coefficient (Wildman–Crippen LogP) is 5.11. The highest BCUT2D eigenvalue weighted by molar-refractivity contribution is 8.00. The lowest BCUT2D eigenvalue weighted by Crippen LogP contribution is -2.25. The van der Waals surface area contributed by atoms with Gasteiger partial charge in [-0.2, -0.15) is 10.5 Å². The van der Waals surface area contributed by atoms with E-state index in [9.17, 15) is 23.7 Å². The van der Waals surface area contributed by atoms with Crippen LogP contribution >= 0.6 is 23.1 Å². The van der Waals surface area contributed by atoms with Crippen LogP contribution in [0, 0.1) is 29.6 Å². The van der Waals surface area contributed by atoms with Gasteiger partial charge in [0, 0.05) is 11.3 Å². The van der Waals surface area contributed by atoms with E-state index >= 15 is 0 Å². The third-order valence-electron chi connectivity index (χ3n) is 6.16. The molecule has 2 aromatic heterocycles. The number of nitrogen functional groups attached to an aromatic ring is 1. The zero-order chi connectivity index (χ0) is 30.4. The number of nitrogens with two attached hydrogens (primary N) is 1. The van der Waals surface area contributed by atoms with E-state index in [2.05, 4.69) is 37.4 Å². The molecule has 14 heteroatoms. The zero-order valence-corrected chi connectivity index (χ0v) is 25.3. The number of amides is 1. The summed E-state index contributed by atoms with van der Waals surface area (Å²) >= 11 is 2.19. The fraction of sp³-hybridized carbons (Fsp3) is 0.214. The third-order valence-corrected chi connectivity index (χ3v) is 9.75. The van der Waals surface area contributed by atoms with Crippen LogP contribution in [0.2, 0.25) is 0 Å². The Morgan fingerprint density at radius 3 is 2.26 bits per heavy atom. The van der Waals surface area contributed by atoms with Crippen LogP contribution in [-0.2, 0) is 21.2 Å². The first-order chi connectivity index (χ1) is 20.1. The van der Waals surface area contributed by atoms with Crippen molar-refractivity contribution in [1.29, 1.82) is 10.5 Å². The molecule has 2 heterocycles. The molecule has 1 unspecified atom stereocenters. The van der Waals surface area contributed by atoms with E-state index in [1.54, 1.807) is 6.92 Å². The summed E-state index contributed by atoms with van der Waals surface area (Å²) in [5.41, 5.74) is 8.92. The molecule has 0 saturated heterocycles. The molecule has 0 bridgehead atoms. The average Bonchev–Trinajstić information content (AvgIpc) is 3.39. The van der Waals surface area contributed by atoms with E-state index in [4.69, 9.17) is 5.73 Å². The molecular weight excluding hydrogens is 593 g/mol. The highest BCUT2D eigenvalue weighted by atomic mass is 32.2. The number of nitrogens with zero attached hydrogens (tertiary/aromatic N) is 5. The predicted molar refractivity (Wildman–Crippen MR) is 163 cm³/mol. The molecule has 0 spiro atoms. The maximum Gasteiger partial charge on any atom is 0.263 e. The molecule has 0 saturated carbocycles. The average molecular weight is 619 g/mol. The normalized spacial score (nSPS) is 11.7. The second-order valence-electron chi connectivity index (χ2n) is 8.96. The van der Waals surface area contributed by atoms with Crippen molar-refractivity contribution < 1.29 is 13.2 Å². The molecule has 4 aromatic rings. The zero-order valence-electron chi connectivity index (χ0n) is 22.9. The molecule has 42 heavy (non-hydrogen) atoms. The van der Waals surface area contributed by atoms with E-state index in [1.165, 1.54) is 24.3 Å². The number of aromatic nitrogens is 3. The Morgan fingerprint density at radius 1 is 1.05 bits per heavy atom. The summed E-state index contributed by atoms with van der Waals surface area (Å²) in [5, 5.41) is 30.6. The molecule has 2 aromatic carbocycles. The van der Waals surface area contributed by atoms with E-state index in [0.717, 1.165) is 35.1 Å². The Bertz CT molecular complexity index is 1810. The number of benzene rings is 2. The first kappa shape index (κ1) is 30.5. The van der Waals surface area contributed by atoms with Crippen LogP contribution in [0.4, 0.5) is 16.6 Å². The van der Waals surface area contributed by atoms with Gasteiger partial charge in [0.2, 0.25) is 11.0 Å². The number of sulfonamides is 1. The third kappa shape index (κ3) is 6.69. The Kier molecular flexibility index (Phi) is 9.42. The quantitative estimate of drug-likeness (QED) is 0.202. The molecule has 0 aliphatic heterocycles. The SMILES string of the molecule is CCc1ccc(-c2c(C#N)c(N)nc(SC(CC)C(=O)Nc3ccc(S(=O)(=O)Nc4nnc(C)s4)cc3)c2C#N)cc1. The van der Waals surface area contributed by atoms with Crippen molar-refractivity contribution in [3.8, 4) is 23.3 Å². The molecule has 0 radical (unpaired) electrons. The van der Waals surface area contributed by atoms with Crippen LogP contribution in [0.25, 0.3) is 11.1 Å². The number of hydrogen-bond acceptors (Lipinski definition) is 11. The summed E-state index contributed by atoms with van der Waals surface area (Å²) in [6.07, 6.45) is 1.23. The van der Waals surface area contributed by atoms with Crippen LogP contribution in [-0.4, -0.2) is 34.8 Å². The molecule has 1 amide bonds. The highest BCUT2D eigenvalue weighted by Gasteiger charge is 2.26. The number of hydrogen-bond donors (Lipinski definition) is 3. The maximum atomic E-state index is 13.2. The van der Waals surface area contributed by atoms with Crippen LogP contribution in [0.15, 0.2) is 58.5 Å². The van der Waals surface area contributed by atoms with Gasteiger partial charge in [-0.1, -0.05) is 61.2 Å². The standard InChI is InChI=1S/C28H26N8O3S3/c1-4-17-6-8-18(9-7-17)24-21(14-29)25(31)33-27(22(24)15-30)41-23(5-2)26(37)32-19-10-12-20(13-11-19)42(38,39)36-28-35-34-16(3)40-28/h6-13,23H,4-5H2,1-3H3,(H2,31,33)(H,32,37)(H,35,36). The summed E-state index contributed by atoms with van der Waals surface area (Å²) in [6.45, 7) is 5.56. The minimum Gasteiger partial charge on any atom is -0.383 e. The number of thioether (sulfide) groups is 1. The summed E-state index contributed by atoms with van der Waals surface area (Å²) in [4.78, 5) is 17.5. The largest absolute Gasteiger partial charge is 0.383 e. The van der Waals surface area contributed by atoms with E-state index in [1.807, 2.05) is 38.1 Å². The molecule has 214 valence electrons. The molecular formula is C28H26N8O3S3. The number of pyridine rings is 1. The monoisotopic (exact) mass is 618 g/mol.